The van der Waals surface area contributed by atoms with Crippen molar-refractivity contribution in [1.29, 1.82) is 0 Å². The smallest absolute Gasteiger partial charge is 0.303 e. The van der Waals surface area contributed by atoms with E-state index in [1.165, 1.54) is 12.0 Å². The van der Waals surface area contributed by atoms with Crippen LogP contribution in [0.4, 0.5) is 11.4 Å². The summed E-state index contributed by atoms with van der Waals surface area (Å²) in [6.07, 6.45) is 2.16. The number of benzene rings is 4. The highest BCUT2D eigenvalue weighted by Gasteiger charge is 2.20. The van der Waals surface area contributed by atoms with Crippen LogP contribution in [0.5, 0.6) is 17.2 Å². The van der Waals surface area contributed by atoms with Gasteiger partial charge in [-0.05, 0) is 67.3 Å². The normalized spacial score (nSPS) is 10.5. The lowest BCUT2D eigenvalue weighted by Gasteiger charge is -2.21. The van der Waals surface area contributed by atoms with E-state index in [4.69, 9.17) is 19.3 Å². The number of anilines is 2. The molecule has 228 valence electrons. The van der Waals surface area contributed by atoms with Crippen molar-refractivity contribution in [3.63, 3.8) is 0 Å². The van der Waals surface area contributed by atoms with E-state index < -0.39 is 5.97 Å². The lowest BCUT2D eigenvalue weighted by molar-refractivity contribution is -0.137. The summed E-state index contributed by atoms with van der Waals surface area (Å²) in [6.45, 7) is 0.723. The molecule has 44 heavy (non-hydrogen) atoms. The molecule has 0 fully saturated rings. The van der Waals surface area contributed by atoms with E-state index in [2.05, 4.69) is 5.32 Å². The van der Waals surface area contributed by atoms with Crippen molar-refractivity contribution in [3.8, 4) is 17.2 Å². The van der Waals surface area contributed by atoms with Gasteiger partial charge in [-0.1, -0.05) is 54.6 Å². The van der Waals surface area contributed by atoms with Gasteiger partial charge in [-0.2, -0.15) is 0 Å². The molecule has 0 spiro atoms. The van der Waals surface area contributed by atoms with E-state index in [9.17, 15) is 14.4 Å². The number of carboxylic acids is 1. The molecule has 9 heteroatoms. The van der Waals surface area contributed by atoms with Gasteiger partial charge < -0.3 is 29.5 Å². The Morgan fingerprint density at radius 3 is 2.23 bits per heavy atom. The van der Waals surface area contributed by atoms with Crippen molar-refractivity contribution < 1.29 is 33.7 Å². The average molecular weight is 597 g/mol. The molecule has 2 N–H and O–H groups in total. The van der Waals surface area contributed by atoms with E-state index in [1.54, 1.807) is 61.6 Å². The number of rotatable bonds is 15. The minimum atomic E-state index is -0.807. The molecule has 0 saturated heterocycles. The van der Waals surface area contributed by atoms with Crippen LogP contribution >= 0.6 is 0 Å². The second-order valence-corrected chi connectivity index (χ2v) is 10.0. The third-order valence-corrected chi connectivity index (χ3v) is 6.89. The molecule has 4 aromatic rings. The van der Waals surface area contributed by atoms with Crippen molar-refractivity contribution in [1.82, 2.24) is 0 Å². The highest BCUT2D eigenvalue weighted by atomic mass is 16.5. The van der Waals surface area contributed by atoms with Crippen molar-refractivity contribution in [2.75, 3.05) is 31.0 Å². The number of carboxylic acid groups (broad SMARTS) is 1. The number of para-hydroxylation sites is 3. The van der Waals surface area contributed by atoms with Crippen LogP contribution in [-0.2, 0) is 11.4 Å². The molecule has 0 heterocycles. The molecule has 0 radical (unpaired) electrons. The number of ether oxygens (including phenoxy) is 3. The summed E-state index contributed by atoms with van der Waals surface area (Å²) in [5, 5.41) is 11.7. The number of nitrogens with zero attached hydrogens (tertiary/aromatic N) is 1. The monoisotopic (exact) mass is 596 g/mol. The molecule has 0 unspecified atom stereocenters. The van der Waals surface area contributed by atoms with Gasteiger partial charge in [0.1, 0.15) is 23.9 Å². The Hall–Kier alpha value is -5.31. The summed E-state index contributed by atoms with van der Waals surface area (Å²) in [4.78, 5) is 39.0. The maximum atomic E-state index is 13.5. The third kappa shape index (κ3) is 8.61. The predicted molar refractivity (Wildman–Crippen MR) is 169 cm³/mol. The molecule has 0 aliphatic rings. The first-order valence-electron chi connectivity index (χ1n) is 14.3. The third-order valence-electron chi connectivity index (χ3n) is 6.89. The number of carbonyl (C=O) groups is 3. The summed E-state index contributed by atoms with van der Waals surface area (Å²) in [5.41, 5.74) is 2.70. The lowest BCUT2D eigenvalue weighted by Crippen LogP contribution is -2.27. The van der Waals surface area contributed by atoms with Crippen LogP contribution in [-0.4, -0.2) is 43.7 Å². The number of methoxy groups -OCH3 is 1. The Morgan fingerprint density at radius 2 is 1.48 bits per heavy atom. The van der Waals surface area contributed by atoms with Crippen LogP contribution in [0.2, 0.25) is 0 Å². The first-order valence-corrected chi connectivity index (χ1v) is 14.3. The zero-order chi connectivity index (χ0) is 31.3. The quantitative estimate of drug-likeness (QED) is 0.145. The van der Waals surface area contributed by atoms with Crippen LogP contribution < -0.4 is 24.4 Å². The Balaban J connectivity index is 1.43. The minimum Gasteiger partial charge on any atom is -0.495 e. The van der Waals surface area contributed by atoms with Gasteiger partial charge in [-0.25, -0.2) is 0 Å². The number of unbranched alkanes of at least 4 members (excludes halogenated alkanes) is 2. The molecule has 0 aromatic heterocycles. The molecular formula is C35H36N2O7. The van der Waals surface area contributed by atoms with Crippen LogP contribution in [0.15, 0.2) is 97.1 Å². The van der Waals surface area contributed by atoms with E-state index in [0.29, 0.717) is 65.8 Å². The Kier molecular flexibility index (Phi) is 11.3. The number of nitrogens with one attached hydrogen (secondary N) is 1. The van der Waals surface area contributed by atoms with Crippen LogP contribution in [0, 0.1) is 0 Å². The molecule has 9 nitrogen and oxygen atoms in total. The molecule has 4 aromatic carbocycles. The maximum Gasteiger partial charge on any atom is 0.303 e. The van der Waals surface area contributed by atoms with E-state index in [1.807, 2.05) is 42.5 Å². The summed E-state index contributed by atoms with van der Waals surface area (Å²) >= 11 is 0. The summed E-state index contributed by atoms with van der Waals surface area (Å²) in [6, 6.07) is 28.8. The van der Waals surface area contributed by atoms with Gasteiger partial charge >= 0.3 is 5.97 Å². The Bertz CT molecular complexity index is 1570. The molecule has 0 bridgehead atoms. The minimum absolute atomic E-state index is 0.135. The fraction of sp³-hybridized carbons (Fsp3) is 0.229. The highest BCUT2D eigenvalue weighted by Crippen LogP contribution is 2.31. The van der Waals surface area contributed by atoms with Crippen LogP contribution in [0.3, 0.4) is 0 Å². The van der Waals surface area contributed by atoms with Crippen LogP contribution in [0.25, 0.3) is 0 Å². The molecule has 0 atom stereocenters. The zero-order valence-corrected chi connectivity index (χ0v) is 24.8. The highest BCUT2D eigenvalue weighted by molar-refractivity contribution is 6.09. The van der Waals surface area contributed by atoms with Crippen molar-refractivity contribution >= 4 is 29.2 Å². The lowest BCUT2D eigenvalue weighted by atomic mass is 10.1. The number of carbonyl (C=O) groups excluding carboxylic acids is 2. The topological polar surface area (TPSA) is 114 Å². The standard InChI is InChI=1S/C35H36N2O7/c1-37(29-16-9-11-18-31(29)43-22-12-4-7-19-33(38)39)35(41)26-20-21-28(32(23-26)42-2)36-34(40)27-15-8-10-17-30(27)44-24-25-13-5-3-6-14-25/h3,5-6,8-11,13-18,20-21,23H,4,7,12,19,22,24H2,1-2H3,(H,36,40)(H,38,39). The van der Waals surface area contributed by atoms with E-state index in [-0.39, 0.29) is 18.2 Å². The second kappa shape index (κ2) is 15.8. The number of aliphatic carboxylic acids is 1. The van der Waals surface area contributed by atoms with Crippen molar-refractivity contribution in [2.24, 2.45) is 0 Å². The predicted octanol–water partition coefficient (Wildman–Crippen LogP) is 6.83. The first kappa shape index (κ1) is 31.6. The molecular weight excluding hydrogens is 560 g/mol. The average Bonchev–Trinajstić information content (AvgIpc) is 3.05. The van der Waals surface area contributed by atoms with Gasteiger partial charge in [0, 0.05) is 19.0 Å². The van der Waals surface area contributed by atoms with Gasteiger partial charge in [-0.15, -0.1) is 0 Å². The second-order valence-electron chi connectivity index (χ2n) is 10.0. The largest absolute Gasteiger partial charge is 0.495 e. The maximum absolute atomic E-state index is 13.5. The number of hydrogen-bond acceptors (Lipinski definition) is 6. The van der Waals surface area contributed by atoms with E-state index in [0.717, 1.165) is 12.0 Å². The van der Waals surface area contributed by atoms with Gasteiger partial charge in [0.2, 0.25) is 0 Å². The molecule has 0 aliphatic heterocycles. The number of hydrogen-bond donors (Lipinski definition) is 2. The van der Waals surface area contributed by atoms with Crippen molar-refractivity contribution in [2.45, 2.75) is 32.3 Å². The molecule has 4 rings (SSSR count). The molecule has 0 saturated carbocycles. The summed E-state index contributed by atoms with van der Waals surface area (Å²) in [5.74, 6) is -0.160. The van der Waals surface area contributed by atoms with E-state index >= 15 is 0 Å². The molecule has 0 aliphatic carbocycles. The van der Waals surface area contributed by atoms with Crippen LogP contribution in [0.1, 0.15) is 52.0 Å². The fourth-order valence-electron chi connectivity index (χ4n) is 4.53. The first-order chi connectivity index (χ1) is 21.4. The van der Waals surface area contributed by atoms with Crippen molar-refractivity contribution in [3.05, 3.63) is 114 Å². The summed E-state index contributed by atoms with van der Waals surface area (Å²) < 4.78 is 17.4. The summed E-state index contributed by atoms with van der Waals surface area (Å²) in [7, 11) is 3.13. The van der Waals surface area contributed by atoms with Gasteiger partial charge in [0.15, 0.2) is 0 Å². The van der Waals surface area contributed by atoms with Gasteiger partial charge in [-0.3, -0.25) is 14.4 Å². The Labute approximate surface area is 257 Å². The molecule has 2 amide bonds. The van der Waals surface area contributed by atoms with Gasteiger partial charge in [0.25, 0.3) is 11.8 Å². The van der Waals surface area contributed by atoms with Gasteiger partial charge in [0.05, 0.1) is 30.7 Å². The Morgan fingerprint density at radius 1 is 0.773 bits per heavy atom. The number of amides is 2. The fourth-order valence-corrected chi connectivity index (χ4v) is 4.53. The SMILES string of the molecule is COc1cc(C(=O)N(C)c2ccccc2OCCCCCC(=O)O)ccc1NC(=O)c1ccccc1OCc1ccccc1. The zero-order valence-electron chi connectivity index (χ0n) is 24.8.